The molecule has 3 aromatic heterocycles. The molecule has 4 heterocycles. The van der Waals surface area contributed by atoms with Crippen molar-refractivity contribution in [1.82, 2.24) is 25.3 Å². The van der Waals surface area contributed by atoms with Crippen LogP contribution in [0.3, 0.4) is 0 Å². The van der Waals surface area contributed by atoms with Gasteiger partial charge in [0.05, 0.1) is 11.4 Å². The van der Waals surface area contributed by atoms with Gasteiger partial charge in [-0.1, -0.05) is 6.07 Å². The van der Waals surface area contributed by atoms with Crippen molar-refractivity contribution in [3.05, 3.63) is 55.0 Å². The molecule has 3 aromatic rings. The van der Waals surface area contributed by atoms with Gasteiger partial charge >= 0.3 is 0 Å². The van der Waals surface area contributed by atoms with E-state index in [1.807, 2.05) is 36.4 Å². The summed E-state index contributed by atoms with van der Waals surface area (Å²) in [6.45, 7) is 3.81. The van der Waals surface area contributed by atoms with Crippen molar-refractivity contribution in [1.29, 1.82) is 0 Å². The molecule has 0 saturated carbocycles. The Morgan fingerprint density at radius 1 is 0.875 bits per heavy atom. The summed E-state index contributed by atoms with van der Waals surface area (Å²) in [6.07, 6.45) is 5.31. The van der Waals surface area contributed by atoms with E-state index in [0.29, 0.717) is 5.82 Å². The number of nitrogens with zero attached hydrogens (tertiary/aromatic N) is 5. The van der Waals surface area contributed by atoms with Gasteiger partial charge in [0.25, 0.3) is 0 Å². The van der Waals surface area contributed by atoms with Gasteiger partial charge in [-0.3, -0.25) is 9.97 Å². The van der Waals surface area contributed by atoms with E-state index in [2.05, 4.69) is 20.2 Å². The lowest BCUT2D eigenvalue weighted by atomic mass is 10.2. The second kappa shape index (κ2) is 6.72. The maximum absolute atomic E-state index is 4.78. The van der Waals surface area contributed by atoms with E-state index < -0.39 is 0 Å². The molecule has 24 heavy (non-hydrogen) atoms. The molecule has 6 nitrogen and oxygen atoms in total. The van der Waals surface area contributed by atoms with Gasteiger partial charge in [0.1, 0.15) is 5.82 Å². The van der Waals surface area contributed by atoms with Crippen LogP contribution in [0.5, 0.6) is 0 Å². The Labute approximate surface area is 140 Å². The highest BCUT2D eigenvalue weighted by Gasteiger charge is 2.16. The third-order valence-corrected chi connectivity index (χ3v) is 4.02. The van der Waals surface area contributed by atoms with Gasteiger partial charge in [0.2, 0.25) is 0 Å². The zero-order valence-electron chi connectivity index (χ0n) is 13.3. The smallest absolute Gasteiger partial charge is 0.162 e. The molecule has 0 aromatic carbocycles. The number of aromatic nitrogens is 4. The Hall–Kier alpha value is -2.86. The molecule has 120 valence electrons. The molecule has 0 amide bonds. The summed E-state index contributed by atoms with van der Waals surface area (Å²) < 4.78 is 0. The summed E-state index contributed by atoms with van der Waals surface area (Å²) in [6, 6.07) is 11.7. The minimum atomic E-state index is 0.703. The average molecular weight is 318 g/mol. The molecule has 1 saturated heterocycles. The van der Waals surface area contributed by atoms with Crippen molar-refractivity contribution in [2.24, 2.45) is 0 Å². The normalized spacial score (nSPS) is 14.6. The molecule has 0 aliphatic carbocycles. The van der Waals surface area contributed by atoms with Crippen LogP contribution in [0.2, 0.25) is 0 Å². The molecule has 0 atom stereocenters. The number of hydrogen-bond acceptors (Lipinski definition) is 6. The van der Waals surface area contributed by atoms with Crippen molar-refractivity contribution >= 4 is 5.82 Å². The van der Waals surface area contributed by atoms with E-state index in [1.165, 1.54) is 0 Å². The number of piperazine rings is 1. The third kappa shape index (κ3) is 3.09. The molecule has 1 N–H and O–H groups in total. The van der Waals surface area contributed by atoms with Gasteiger partial charge in [0, 0.05) is 56.4 Å². The Kier molecular flexibility index (Phi) is 4.12. The van der Waals surface area contributed by atoms with Gasteiger partial charge in [-0.05, 0) is 24.3 Å². The lowest BCUT2D eigenvalue weighted by Gasteiger charge is -2.28. The first-order chi connectivity index (χ1) is 11.9. The Morgan fingerprint density at radius 3 is 2.46 bits per heavy atom. The molecule has 0 spiro atoms. The van der Waals surface area contributed by atoms with Crippen LogP contribution in [-0.2, 0) is 0 Å². The van der Waals surface area contributed by atoms with Crippen molar-refractivity contribution < 1.29 is 0 Å². The Balaban J connectivity index is 1.81. The molecular weight excluding hydrogens is 300 g/mol. The predicted molar refractivity (Wildman–Crippen MR) is 93.6 cm³/mol. The van der Waals surface area contributed by atoms with Gasteiger partial charge in [-0.2, -0.15) is 0 Å². The van der Waals surface area contributed by atoms with Crippen molar-refractivity contribution in [3.8, 4) is 22.8 Å². The molecule has 6 heteroatoms. The molecule has 0 bridgehead atoms. The van der Waals surface area contributed by atoms with E-state index in [9.17, 15) is 0 Å². The summed E-state index contributed by atoms with van der Waals surface area (Å²) in [5.41, 5.74) is 2.65. The maximum Gasteiger partial charge on any atom is 0.162 e. The van der Waals surface area contributed by atoms with Gasteiger partial charge in [0.15, 0.2) is 5.82 Å². The molecule has 1 aliphatic rings. The van der Waals surface area contributed by atoms with Gasteiger partial charge in [-0.15, -0.1) is 0 Å². The Morgan fingerprint density at radius 2 is 1.71 bits per heavy atom. The van der Waals surface area contributed by atoms with E-state index in [-0.39, 0.29) is 0 Å². The van der Waals surface area contributed by atoms with Crippen LogP contribution >= 0.6 is 0 Å². The van der Waals surface area contributed by atoms with E-state index in [0.717, 1.165) is 48.9 Å². The largest absolute Gasteiger partial charge is 0.354 e. The second-order valence-corrected chi connectivity index (χ2v) is 5.62. The zero-order valence-corrected chi connectivity index (χ0v) is 13.3. The first-order valence-electron chi connectivity index (χ1n) is 8.07. The quantitative estimate of drug-likeness (QED) is 0.797. The van der Waals surface area contributed by atoms with Crippen LogP contribution < -0.4 is 10.2 Å². The second-order valence-electron chi connectivity index (χ2n) is 5.62. The summed E-state index contributed by atoms with van der Waals surface area (Å²) >= 11 is 0. The standard InChI is InChI=1S/C18H18N6/c1-2-6-21-15(3-1)16-13-17(24-11-9-20-10-12-24)23-18(22-16)14-4-7-19-8-5-14/h1-8,13,20H,9-12H2. The van der Waals surface area contributed by atoms with Crippen LogP contribution in [0.1, 0.15) is 0 Å². The van der Waals surface area contributed by atoms with Crippen molar-refractivity contribution in [2.75, 3.05) is 31.1 Å². The van der Waals surface area contributed by atoms with Crippen molar-refractivity contribution in [2.45, 2.75) is 0 Å². The first kappa shape index (κ1) is 14.7. The molecular formula is C18H18N6. The fraction of sp³-hybridized carbons (Fsp3) is 0.222. The van der Waals surface area contributed by atoms with Gasteiger partial charge in [-0.25, -0.2) is 9.97 Å². The topological polar surface area (TPSA) is 66.8 Å². The first-order valence-corrected chi connectivity index (χ1v) is 8.07. The maximum atomic E-state index is 4.78. The van der Waals surface area contributed by atoms with E-state index >= 15 is 0 Å². The summed E-state index contributed by atoms with van der Waals surface area (Å²) in [7, 11) is 0. The number of rotatable bonds is 3. The van der Waals surface area contributed by atoms with Crippen LogP contribution in [0.25, 0.3) is 22.8 Å². The average Bonchev–Trinajstić information content (AvgIpc) is 2.70. The predicted octanol–water partition coefficient (Wildman–Crippen LogP) is 2.01. The highest BCUT2D eigenvalue weighted by Crippen LogP contribution is 2.24. The molecule has 4 rings (SSSR count). The fourth-order valence-electron chi connectivity index (χ4n) is 2.77. The minimum absolute atomic E-state index is 0.703. The fourth-order valence-corrected chi connectivity index (χ4v) is 2.77. The van der Waals surface area contributed by atoms with Crippen LogP contribution in [-0.4, -0.2) is 46.1 Å². The lowest BCUT2D eigenvalue weighted by Crippen LogP contribution is -2.44. The third-order valence-electron chi connectivity index (χ3n) is 4.02. The number of pyridine rings is 2. The number of anilines is 1. The monoisotopic (exact) mass is 318 g/mol. The zero-order chi connectivity index (χ0) is 16.2. The lowest BCUT2D eigenvalue weighted by molar-refractivity contribution is 0.585. The SMILES string of the molecule is c1ccc(-c2cc(N3CCNCC3)nc(-c3ccncc3)n2)nc1. The molecule has 1 aliphatic heterocycles. The highest BCUT2D eigenvalue weighted by atomic mass is 15.2. The van der Waals surface area contributed by atoms with E-state index in [1.54, 1.807) is 18.6 Å². The summed E-state index contributed by atoms with van der Waals surface area (Å²) in [4.78, 5) is 20.3. The summed E-state index contributed by atoms with van der Waals surface area (Å²) in [5, 5.41) is 3.37. The molecule has 0 radical (unpaired) electrons. The van der Waals surface area contributed by atoms with Crippen LogP contribution in [0.15, 0.2) is 55.0 Å². The Bertz CT molecular complexity index is 743. The number of nitrogens with one attached hydrogen (secondary N) is 1. The summed E-state index contributed by atoms with van der Waals surface area (Å²) in [5.74, 6) is 1.65. The molecule has 0 unspecified atom stereocenters. The van der Waals surface area contributed by atoms with Crippen LogP contribution in [0, 0.1) is 0 Å². The van der Waals surface area contributed by atoms with Crippen LogP contribution in [0.4, 0.5) is 5.82 Å². The minimum Gasteiger partial charge on any atom is -0.354 e. The van der Waals surface area contributed by atoms with Crippen molar-refractivity contribution in [3.63, 3.8) is 0 Å². The van der Waals surface area contributed by atoms with E-state index in [4.69, 9.17) is 9.97 Å². The molecule has 1 fully saturated rings. The highest BCUT2D eigenvalue weighted by molar-refractivity contribution is 5.65. The number of hydrogen-bond donors (Lipinski definition) is 1. The van der Waals surface area contributed by atoms with Gasteiger partial charge < -0.3 is 10.2 Å².